The maximum atomic E-state index is 11.0. The molecule has 0 heterocycles. The van der Waals surface area contributed by atoms with Crippen molar-refractivity contribution < 1.29 is 19.1 Å². The number of hydrogen-bond donors (Lipinski definition) is 0. The minimum absolute atomic E-state index is 0.125. The fourth-order valence-electron chi connectivity index (χ4n) is 4.16. The summed E-state index contributed by atoms with van der Waals surface area (Å²) in [4.78, 5) is 21.4. The Balaban J connectivity index is 0.000000185. The molecule has 3 atom stereocenters. The van der Waals surface area contributed by atoms with Crippen LogP contribution in [0.1, 0.15) is 53.9 Å². The second-order valence-electron chi connectivity index (χ2n) is 7.62. The van der Waals surface area contributed by atoms with Gasteiger partial charge in [-0.05, 0) is 42.7 Å². The van der Waals surface area contributed by atoms with Crippen molar-refractivity contribution in [1.29, 1.82) is 0 Å². The van der Waals surface area contributed by atoms with E-state index in [0.717, 1.165) is 12.3 Å². The maximum Gasteiger partial charge on any atom is 0.308 e. The van der Waals surface area contributed by atoms with E-state index < -0.39 is 0 Å². The lowest BCUT2D eigenvalue weighted by Gasteiger charge is -2.38. The van der Waals surface area contributed by atoms with Crippen LogP contribution in [0.2, 0.25) is 0 Å². The number of esters is 2. The molecule has 0 aliphatic heterocycles. The van der Waals surface area contributed by atoms with Crippen LogP contribution in [0, 0.1) is 16.7 Å². The van der Waals surface area contributed by atoms with Gasteiger partial charge >= 0.3 is 11.9 Å². The van der Waals surface area contributed by atoms with Crippen LogP contribution < -0.4 is 4.74 Å². The summed E-state index contributed by atoms with van der Waals surface area (Å²) >= 11 is 0. The summed E-state index contributed by atoms with van der Waals surface area (Å²) in [5.41, 5.74) is 0.552. The number of rotatable bonds is 2. The Hall–Kier alpha value is -1.84. The summed E-state index contributed by atoms with van der Waals surface area (Å²) in [6, 6.07) is 8.98. The predicted molar refractivity (Wildman–Crippen MR) is 92.5 cm³/mol. The molecule has 2 aliphatic carbocycles. The van der Waals surface area contributed by atoms with Crippen LogP contribution in [0.5, 0.6) is 5.75 Å². The molecule has 0 N–H and O–H groups in total. The van der Waals surface area contributed by atoms with Crippen molar-refractivity contribution in [2.24, 2.45) is 16.7 Å². The average molecular weight is 332 g/mol. The minimum atomic E-state index is -0.286. The number of carbonyl (C=O) groups excluding carboxylic acids is 2. The number of benzene rings is 1. The molecule has 0 aromatic heterocycles. The van der Waals surface area contributed by atoms with Gasteiger partial charge in [0.05, 0.1) is 0 Å². The third kappa shape index (κ3) is 3.63. The van der Waals surface area contributed by atoms with E-state index in [0.29, 0.717) is 11.2 Å². The van der Waals surface area contributed by atoms with E-state index in [1.807, 2.05) is 18.2 Å². The van der Waals surface area contributed by atoms with Crippen LogP contribution in [-0.2, 0) is 14.3 Å². The standard InChI is InChI=1S/C12H20O2.C8H8O2/c1-8(13)14-10-7-9-5-6-12(10,4)11(9,2)3;1-7(9)10-8-5-3-2-4-6-8/h9-10H,5-7H2,1-4H3;2-6H,1H3/t9-,10+,12-;/m1./s1. The van der Waals surface area contributed by atoms with E-state index >= 15 is 0 Å². The van der Waals surface area contributed by atoms with Crippen LogP contribution in [0.4, 0.5) is 0 Å². The zero-order valence-corrected chi connectivity index (χ0v) is 15.3. The van der Waals surface area contributed by atoms with Crippen molar-refractivity contribution in [2.75, 3.05) is 0 Å². The SMILES string of the molecule is CC(=O)O[C@H]1C[C@H]2CC[C@@]1(C)C2(C)C.CC(=O)Oc1ccccc1. The van der Waals surface area contributed by atoms with Crippen LogP contribution in [0.25, 0.3) is 0 Å². The lowest BCUT2D eigenvalue weighted by atomic mass is 9.70. The smallest absolute Gasteiger partial charge is 0.308 e. The molecule has 0 unspecified atom stereocenters. The summed E-state index contributed by atoms with van der Waals surface area (Å²) < 4.78 is 10.2. The zero-order chi connectivity index (χ0) is 18.0. The first-order chi connectivity index (χ1) is 11.2. The lowest BCUT2D eigenvalue weighted by molar-refractivity contribution is -0.154. The molecule has 1 aromatic carbocycles. The van der Waals surface area contributed by atoms with Gasteiger partial charge in [-0.2, -0.15) is 0 Å². The first-order valence-corrected chi connectivity index (χ1v) is 8.57. The highest BCUT2D eigenvalue weighted by atomic mass is 16.5. The highest BCUT2D eigenvalue weighted by molar-refractivity contribution is 5.69. The van der Waals surface area contributed by atoms with Gasteiger partial charge in [0.25, 0.3) is 0 Å². The molecule has 2 fully saturated rings. The first-order valence-electron chi connectivity index (χ1n) is 8.57. The molecular weight excluding hydrogens is 304 g/mol. The summed E-state index contributed by atoms with van der Waals surface area (Å²) in [5.74, 6) is 0.928. The van der Waals surface area contributed by atoms with E-state index in [1.165, 1.54) is 26.7 Å². The molecule has 3 rings (SSSR count). The molecule has 4 heteroatoms. The van der Waals surface area contributed by atoms with Crippen molar-refractivity contribution in [3.63, 3.8) is 0 Å². The summed E-state index contributed by atoms with van der Waals surface area (Å²) in [6.45, 7) is 9.84. The number of fused-ring (bicyclic) bond motifs is 2. The Kier molecular flexibility index (Phi) is 5.36. The fraction of sp³-hybridized carbons (Fsp3) is 0.600. The van der Waals surface area contributed by atoms with Gasteiger partial charge in [0.15, 0.2) is 0 Å². The van der Waals surface area contributed by atoms with Crippen molar-refractivity contribution in [3.8, 4) is 5.75 Å². The van der Waals surface area contributed by atoms with Gasteiger partial charge in [0.1, 0.15) is 11.9 Å². The Morgan fingerprint density at radius 3 is 2.08 bits per heavy atom. The Labute approximate surface area is 144 Å². The van der Waals surface area contributed by atoms with Crippen molar-refractivity contribution in [2.45, 2.75) is 60.0 Å². The predicted octanol–water partition coefficient (Wildman–Crippen LogP) is 4.38. The largest absolute Gasteiger partial charge is 0.462 e. The molecule has 2 saturated carbocycles. The molecule has 0 radical (unpaired) electrons. The van der Waals surface area contributed by atoms with Gasteiger partial charge in [0, 0.05) is 19.3 Å². The van der Waals surface area contributed by atoms with Crippen LogP contribution in [0.3, 0.4) is 0 Å². The topological polar surface area (TPSA) is 52.6 Å². The van der Waals surface area contributed by atoms with E-state index in [-0.39, 0.29) is 23.5 Å². The van der Waals surface area contributed by atoms with Crippen molar-refractivity contribution in [3.05, 3.63) is 30.3 Å². The van der Waals surface area contributed by atoms with Gasteiger partial charge in [-0.3, -0.25) is 9.59 Å². The Bertz CT molecular complexity index is 593. The third-order valence-corrected chi connectivity index (χ3v) is 6.03. The van der Waals surface area contributed by atoms with E-state index in [9.17, 15) is 9.59 Å². The average Bonchev–Trinajstić information content (AvgIpc) is 2.81. The maximum absolute atomic E-state index is 11.0. The third-order valence-electron chi connectivity index (χ3n) is 6.03. The quantitative estimate of drug-likeness (QED) is 0.596. The summed E-state index contributed by atoms with van der Waals surface area (Å²) in [6.07, 6.45) is 3.75. The molecule has 4 nitrogen and oxygen atoms in total. The van der Waals surface area contributed by atoms with Gasteiger partial charge in [-0.25, -0.2) is 0 Å². The number of carbonyl (C=O) groups is 2. The highest BCUT2D eigenvalue weighted by Gasteiger charge is 2.62. The summed E-state index contributed by atoms with van der Waals surface area (Å²) in [7, 11) is 0. The number of ether oxygens (including phenoxy) is 2. The van der Waals surface area contributed by atoms with Crippen LogP contribution >= 0.6 is 0 Å². The van der Waals surface area contributed by atoms with Crippen molar-refractivity contribution >= 4 is 11.9 Å². The van der Waals surface area contributed by atoms with Gasteiger partial charge < -0.3 is 9.47 Å². The number of hydrogen-bond acceptors (Lipinski definition) is 4. The fourth-order valence-corrected chi connectivity index (χ4v) is 4.16. The molecule has 2 bridgehead atoms. The van der Waals surface area contributed by atoms with Gasteiger partial charge in [0.2, 0.25) is 0 Å². The lowest BCUT2D eigenvalue weighted by Crippen LogP contribution is -2.37. The molecule has 0 saturated heterocycles. The minimum Gasteiger partial charge on any atom is -0.462 e. The number of para-hydroxylation sites is 1. The van der Waals surface area contributed by atoms with E-state index in [2.05, 4.69) is 20.8 Å². The first kappa shape index (κ1) is 18.5. The zero-order valence-electron chi connectivity index (χ0n) is 15.3. The van der Waals surface area contributed by atoms with Crippen LogP contribution in [-0.4, -0.2) is 18.0 Å². The van der Waals surface area contributed by atoms with Gasteiger partial charge in [-0.1, -0.05) is 39.0 Å². The molecule has 0 spiro atoms. The van der Waals surface area contributed by atoms with E-state index in [4.69, 9.17) is 9.47 Å². The monoisotopic (exact) mass is 332 g/mol. The van der Waals surface area contributed by atoms with Gasteiger partial charge in [-0.15, -0.1) is 0 Å². The second kappa shape index (κ2) is 6.96. The highest BCUT2D eigenvalue weighted by Crippen LogP contribution is 2.66. The molecule has 2 aliphatic rings. The Morgan fingerprint density at radius 2 is 1.67 bits per heavy atom. The molecular formula is C20H28O4. The molecule has 132 valence electrons. The Morgan fingerprint density at radius 1 is 1.04 bits per heavy atom. The second-order valence-corrected chi connectivity index (χ2v) is 7.62. The normalized spacial score (nSPS) is 29.4. The molecule has 1 aromatic rings. The molecule has 0 amide bonds. The van der Waals surface area contributed by atoms with Crippen molar-refractivity contribution in [1.82, 2.24) is 0 Å². The van der Waals surface area contributed by atoms with Crippen LogP contribution in [0.15, 0.2) is 30.3 Å². The molecule has 24 heavy (non-hydrogen) atoms. The van der Waals surface area contributed by atoms with E-state index in [1.54, 1.807) is 12.1 Å². The summed E-state index contributed by atoms with van der Waals surface area (Å²) in [5, 5.41) is 0.